The maximum Gasteiger partial charge on any atom is 0.226 e. The van der Waals surface area contributed by atoms with Crippen LogP contribution in [0.4, 0.5) is 5.95 Å². The number of rotatable bonds is 5. The summed E-state index contributed by atoms with van der Waals surface area (Å²) in [7, 11) is -1.25. The van der Waals surface area contributed by atoms with Gasteiger partial charge in [-0.2, -0.15) is 0 Å². The molecule has 0 saturated carbocycles. The van der Waals surface area contributed by atoms with Gasteiger partial charge in [0.05, 0.1) is 17.0 Å². The lowest BCUT2D eigenvalue weighted by atomic mass is 10.1. The molecule has 1 aromatic heterocycles. The molecule has 1 heterocycles. The van der Waals surface area contributed by atoms with Gasteiger partial charge in [0.25, 0.3) is 0 Å². The fourth-order valence-corrected chi connectivity index (χ4v) is 3.89. The van der Waals surface area contributed by atoms with Gasteiger partial charge in [0.1, 0.15) is 9.84 Å². The highest BCUT2D eigenvalue weighted by atomic mass is 32.2. The molecule has 6 heteroatoms. The van der Waals surface area contributed by atoms with Crippen molar-refractivity contribution in [2.45, 2.75) is 13.0 Å². The van der Waals surface area contributed by atoms with Crippen molar-refractivity contribution in [2.24, 2.45) is 0 Å². The van der Waals surface area contributed by atoms with Gasteiger partial charge >= 0.3 is 0 Å². The molecule has 0 aliphatic carbocycles. The third-order valence-electron chi connectivity index (χ3n) is 4.16. The molecule has 3 rings (SSSR count). The number of aromatic nitrogens is 2. The fourth-order valence-electron chi connectivity index (χ4n) is 2.79. The summed E-state index contributed by atoms with van der Waals surface area (Å²) in [6.07, 6.45) is 1.24. The van der Waals surface area contributed by atoms with Crippen LogP contribution in [-0.2, 0) is 9.84 Å². The molecule has 0 aliphatic rings. The molecule has 2 aromatic carbocycles. The number of sulfone groups is 1. The van der Waals surface area contributed by atoms with E-state index in [1.54, 1.807) is 0 Å². The van der Waals surface area contributed by atoms with Crippen molar-refractivity contribution in [1.29, 1.82) is 0 Å². The van der Waals surface area contributed by atoms with Crippen molar-refractivity contribution in [1.82, 2.24) is 9.97 Å². The highest BCUT2D eigenvalue weighted by Gasteiger charge is 2.19. The van der Waals surface area contributed by atoms with Crippen LogP contribution in [0.3, 0.4) is 0 Å². The van der Waals surface area contributed by atoms with Crippen LogP contribution in [0.15, 0.2) is 54.6 Å². The summed E-state index contributed by atoms with van der Waals surface area (Å²) in [6.45, 7) is 1.86. The minimum Gasteiger partial charge on any atom is -0.340 e. The van der Waals surface area contributed by atoms with Crippen LogP contribution < -0.4 is 4.90 Å². The van der Waals surface area contributed by atoms with Crippen LogP contribution in [0.1, 0.15) is 6.92 Å². The topological polar surface area (TPSA) is 63.2 Å². The third-order valence-corrected chi connectivity index (χ3v) is 5.25. The zero-order valence-electron chi connectivity index (χ0n) is 14.5. The van der Waals surface area contributed by atoms with Crippen LogP contribution >= 0.6 is 0 Å². The van der Waals surface area contributed by atoms with Crippen molar-refractivity contribution < 1.29 is 8.42 Å². The Labute approximate surface area is 148 Å². The Morgan fingerprint density at radius 1 is 1.00 bits per heavy atom. The molecule has 3 aromatic rings. The molecule has 0 saturated heterocycles. The monoisotopic (exact) mass is 355 g/mol. The summed E-state index contributed by atoms with van der Waals surface area (Å²) in [6, 6.07) is 17.6. The Balaban J connectivity index is 2.11. The minimum absolute atomic E-state index is 0.0559. The largest absolute Gasteiger partial charge is 0.340 e. The Morgan fingerprint density at radius 2 is 1.64 bits per heavy atom. The standard InChI is InChI=1S/C19H21N3O2S/c1-14(13-25(3,23)24)22(2)19-20-17-12-8-7-11-16(17)18(21-19)15-9-5-4-6-10-15/h4-12,14H,13H2,1-3H3. The van der Waals surface area contributed by atoms with Crippen molar-refractivity contribution >= 4 is 26.7 Å². The van der Waals surface area contributed by atoms with E-state index >= 15 is 0 Å². The molecule has 1 unspecified atom stereocenters. The van der Waals surface area contributed by atoms with Gasteiger partial charge in [0.15, 0.2) is 0 Å². The predicted molar refractivity (Wildman–Crippen MR) is 103 cm³/mol. The van der Waals surface area contributed by atoms with E-state index < -0.39 is 9.84 Å². The first-order valence-corrected chi connectivity index (χ1v) is 10.1. The summed E-state index contributed by atoms with van der Waals surface area (Å²) < 4.78 is 23.2. The Hall–Kier alpha value is -2.47. The van der Waals surface area contributed by atoms with Crippen LogP contribution in [0, 0.1) is 0 Å². The number of hydrogen-bond acceptors (Lipinski definition) is 5. The molecular formula is C19H21N3O2S. The first kappa shape index (κ1) is 17.4. The van der Waals surface area contributed by atoms with E-state index in [0.717, 1.165) is 22.2 Å². The van der Waals surface area contributed by atoms with Crippen LogP contribution in [0.5, 0.6) is 0 Å². The number of fused-ring (bicyclic) bond motifs is 1. The van der Waals surface area contributed by atoms with E-state index in [2.05, 4.69) is 4.98 Å². The van der Waals surface area contributed by atoms with Gasteiger partial charge in [-0.15, -0.1) is 0 Å². The quantitative estimate of drug-likeness (QED) is 0.703. The maximum absolute atomic E-state index is 11.6. The normalized spacial score (nSPS) is 12.9. The van der Waals surface area contributed by atoms with Gasteiger partial charge in [-0.25, -0.2) is 18.4 Å². The van der Waals surface area contributed by atoms with E-state index in [0.29, 0.717) is 5.95 Å². The molecule has 0 bridgehead atoms. The number of nitrogens with zero attached hydrogens (tertiary/aromatic N) is 3. The molecule has 0 fully saturated rings. The van der Waals surface area contributed by atoms with Crippen LogP contribution in [0.2, 0.25) is 0 Å². The molecule has 0 N–H and O–H groups in total. The highest BCUT2D eigenvalue weighted by Crippen LogP contribution is 2.28. The van der Waals surface area contributed by atoms with Crippen molar-refractivity contribution in [3.63, 3.8) is 0 Å². The third kappa shape index (κ3) is 3.96. The van der Waals surface area contributed by atoms with E-state index in [-0.39, 0.29) is 11.8 Å². The van der Waals surface area contributed by atoms with Crippen LogP contribution in [0.25, 0.3) is 22.2 Å². The molecule has 0 radical (unpaired) electrons. The Bertz CT molecular complexity index is 988. The molecule has 0 amide bonds. The van der Waals surface area contributed by atoms with E-state index in [9.17, 15) is 8.42 Å². The average Bonchev–Trinajstić information content (AvgIpc) is 2.59. The molecule has 5 nitrogen and oxygen atoms in total. The van der Waals surface area contributed by atoms with Crippen molar-refractivity contribution in [3.8, 4) is 11.3 Å². The zero-order valence-corrected chi connectivity index (χ0v) is 15.4. The number of para-hydroxylation sites is 1. The van der Waals surface area contributed by atoms with E-state index in [4.69, 9.17) is 4.98 Å². The van der Waals surface area contributed by atoms with Gasteiger partial charge in [0.2, 0.25) is 5.95 Å². The summed E-state index contributed by atoms with van der Waals surface area (Å²) in [5, 5.41) is 0.974. The van der Waals surface area contributed by atoms with Crippen LogP contribution in [-0.4, -0.2) is 43.5 Å². The highest BCUT2D eigenvalue weighted by molar-refractivity contribution is 7.90. The first-order chi connectivity index (χ1) is 11.8. The molecule has 0 spiro atoms. The van der Waals surface area contributed by atoms with Gasteiger partial charge in [-0.05, 0) is 13.0 Å². The predicted octanol–water partition coefficient (Wildman–Crippen LogP) is 3.17. The van der Waals surface area contributed by atoms with Gasteiger partial charge in [-0.3, -0.25) is 0 Å². The average molecular weight is 355 g/mol. The lowest BCUT2D eigenvalue weighted by Crippen LogP contribution is -2.36. The van der Waals surface area contributed by atoms with Gasteiger partial charge < -0.3 is 4.90 Å². The second kappa shape index (κ2) is 6.80. The van der Waals surface area contributed by atoms with Crippen molar-refractivity contribution in [2.75, 3.05) is 24.0 Å². The second-order valence-electron chi connectivity index (χ2n) is 6.31. The molecule has 25 heavy (non-hydrogen) atoms. The summed E-state index contributed by atoms with van der Waals surface area (Å²) in [5.41, 5.74) is 2.69. The summed E-state index contributed by atoms with van der Waals surface area (Å²) in [4.78, 5) is 11.2. The van der Waals surface area contributed by atoms with E-state index in [1.165, 1.54) is 6.26 Å². The fraction of sp³-hybridized carbons (Fsp3) is 0.263. The number of benzene rings is 2. The molecular weight excluding hydrogens is 334 g/mol. The van der Waals surface area contributed by atoms with Gasteiger partial charge in [-0.1, -0.05) is 48.5 Å². The molecule has 0 aliphatic heterocycles. The maximum atomic E-state index is 11.6. The Kier molecular flexibility index (Phi) is 4.72. The zero-order chi connectivity index (χ0) is 18.0. The van der Waals surface area contributed by atoms with Gasteiger partial charge in [0, 0.05) is 30.3 Å². The molecule has 130 valence electrons. The summed E-state index contributed by atoms with van der Waals surface area (Å²) >= 11 is 0. The number of anilines is 1. The number of hydrogen-bond donors (Lipinski definition) is 0. The lowest BCUT2D eigenvalue weighted by molar-refractivity contribution is 0.592. The summed E-state index contributed by atoms with van der Waals surface area (Å²) in [5.74, 6) is 0.578. The van der Waals surface area contributed by atoms with Crippen molar-refractivity contribution in [3.05, 3.63) is 54.6 Å². The SMILES string of the molecule is CC(CS(C)(=O)=O)N(C)c1nc(-c2ccccc2)c2ccccc2n1. The Morgan fingerprint density at radius 3 is 2.32 bits per heavy atom. The lowest BCUT2D eigenvalue weighted by Gasteiger charge is -2.25. The van der Waals surface area contributed by atoms with E-state index in [1.807, 2.05) is 73.5 Å². The molecule has 1 atom stereocenters. The smallest absolute Gasteiger partial charge is 0.226 e. The minimum atomic E-state index is -3.08. The second-order valence-corrected chi connectivity index (χ2v) is 8.49. The first-order valence-electron chi connectivity index (χ1n) is 8.08.